The van der Waals surface area contributed by atoms with E-state index >= 15 is 0 Å². The first-order valence-electron chi connectivity index (χ1n) is 12.0. The van der Waals surface area contributed by atoms with Gasteiger partial charge < -0.3 is 9.57 Å². The summed E-state index contributed by atoms with van der Waals surface area (Å²) in [7, 11) is -1.83. The monoisotopic (exact) mass is 623 g/mol. The summed E-state index contributed by atoms with van der Waals surface area (Å²) in [5.74, 6) is -0.448. The highest BCUT2D eigenvalue weighted by Gasteiger charge is 2.62. The molecule has 1 aliphatic rings. The van der Waals surface area contributed by atoms with Gasteiger partial charge >= 0.3 is 6.18 Å². The van der Waals surface area contributed by atoms with Crippen LogP contribution in [0.25, 0.3) is 0 Å². The number of oxime groups is 1. The lowest BCUT2D eigenvalue weighted by Crippen LogP contribution is -2.42. The molecule has 1 amide bonds. The topological polar surface area (TPSA) is 101 Å². The maximum atomic E-state index is 14.3. The fourth-order valence-corrected chi connectivity index (χ4v) is 6.55. The minimum Gasteiger partial charge on any atom is -0.497 e. The summed E-state index contributed by atoms with van der Waals surface area (Å²) in [4.78, 5) is 18.5. The van der Waals surface area contributed by atoms with Gasteiger partial charge in [-0.3, -0.25) is 4.79 Å². The maximum Gasteiger partial charge on any atom is 0.435 e. The fraction of sp³-hybridized carbons (Fsp3) is 0.250. The molecular formula is C28H22Cl2F3N3O4S. The first-order chi connectivity index (χ1) is 19.3. The van der Waals surface area contributed by atoms with E-state index < -0.39 is 33.8 Å². The molecule has 13 heteroatoms. The molecule has 3 aromatic rings. The number of methoxy groups -OCH3 is 1. The van der Waals surface area contributed by atoms with Crippen LogP contribution in [-0.2, 0) is 20.2 Å². The van der Waals surface area contributed by atoms with Crippen molar-refractivity contribution in [3.63, 3.8) is 0 Å². The van der Waals surface area contributed by atoms with E-state index in [0.717, 1.165) is 12.1 Å². The second-order valence-electron chi connectivity index (χ2n) is 9.14. The van der Waals surface area contributed by atoms with E-state index in [2.05, 4.69) is 9.52 Å². The van der Waals surface area contributed by atoms with E-state index in [1.807, 2.05) is 6.07 Å². The molecule has 0 aromatic heterocycles. The number of ether oxygens (including phenoxy) is 1. The van der Waals surface area contributed by atoms with Gasteiger partial charge in [0.25, 0.3) is 11.5 Å². The second kappa shape index (κ2) is 11.7. The van der Waals surface area contributed by atoms with E-state index in [0.29, 0.717) is 16.9 Å². The number of aryl methyl sites for hydroxylation is 1. The third-order valence-corrected chi connectivity index (χ3v) is 9.12. The van der Waals surface area contributed by atoms with Gasteiger partial charge in [0.05, 0.1) is 28.6 Å². The molecule has 0 radical (unpaired) electrons. The van der Waals surface area contributed by atoms with Crippen molar-refractivity contribution in [2.24, 2.45) is 9.52 Å². The summed E-state index contributed by atoms with van der Waals surface area (Å²) in [5.41, 5.74) is -2.36. The van der Waals surface area contributed by atoms with E-state index in [1.165, 1.54) is 43.5 Å². The van der Waals surface area contributed by atoms with E-state index in [9.17, 15) is 22.2 Å². The SMILES string of the molecule is COc1ccc(S(=O)(CCC#N)=NC(=O)c2ccc(C3=NOC(c4cc(Cl)cc(Cl)c4)(C(F)(F)F)C3)cc2C)cc1. The molecule has 214 valence electrons. The van der Waals surface area contributed by atoms with Gasteiger partial charge in [-0.2, -0.15) is 22.8 Å². The van der Waals surface area contributed by atoms with Crippen molar-refractivity contribution in [1.29, 1.82) is 5.26 Å². The van der Waals surface area contributed by atoms with Crippen LogP contribution in [-0.4, -0.2) is 34.9 Å². The Hall–Kier alpha value is -3.59. The zero-order valence-electron chi connectivity index (χ0n) is 21.7. The molecule has 0 N–H and O–H groups in total. The highest BCUT2D eigenvalue weighted by atomic mass is 35.5. The molecule has 7 nitrogen and oxygen atoms in total. The Kier molecular flexibility index (Phi) is 8.68. The van der Waals surface area contributed by atoms with Gasteiger partial charge in [0.2, 0.25) is 0 Å². The maximum absolute atomic E-state index is 14.3. The molecule has 0 aliphatic carbocycles. The van der Waals surface area contributed by atoms with Gasteiger partial charge in [0.1, 0.15) is 5.75 Å². The van der Waals surface area contributed by atoms with Gasteiger partial charge in [-0.25, -0.2) is 4.21 Å². The van der Waals surface area contributed by atoms with Gasteiger partial charge in [-0.1, -0.05) is 34.4 Å². The lowest BCUT2D eigenvalue weighted by atomic mass is 9.86. The summed E-state index contributed by atoms with van der Waals surface area (Å²) in [6.45, 7) is 1.57. The molecule has 1 heterocycles. The number of rotatable bonds is 7. The average molecular weight is 624 g/mol. The molecule has 3 aromatic carbocycles. The minimum atomic E-state index is -4.86. The molecule has 0 saturated heterocycles. The second-order valence-corrected chi connectivity index (χ2v) is 12.4. The van der Waals surface area contributed by atoms with E-state index in [1.54, 1.807) is 19.1 Å². The fourth-order valence-electron chi connectivity index (χ4n) is 4.30. The highest BCUT2D eigenvalue weighted by Crippen LogP contribution is 2.49. The third-order valence-electron chi connectivity index (χ3n) is 6.45. The van der Waals surface area contributed by atoms with Crippen LogP contribution in [0.15, 0.2) is 75.1 Å². The summed E-state index contributed by atoms with van der Waals surface area (Å²) in [6, 6.07) is 15.9. The number of amides is 1. The van der Waals surface area contributed by atoms with Crippen LogP contribution in [0.5, 0.6) is 5.75 Å². The number of benzene rings is 3. The zero-order chi connectivity index (χ0) is 30.0. The molecule has 0 spiro atoms. The summed E-state index contributed by atoms with van der Waals surface area (Å²) in [6.07, 6.45) is -5.62. The summed E-state index contributed by atoms with van der Waals surface area (Å²) < 4.78 is 65.9. The quantitative estimate of drug-likeness (QED) is 0.272. The zero-order valence-corrected chi connectivity index (χ0v) is 24.0. The van der Waals surface area contributed by atoms with Gasteiger partial charge in [0.15, 0.2) is 0 Å². The van der Waals surface area contributed by atoms with Crippen molar-refractivity contribution >= 4 is 44.5 Å². The van der Waals surface area contributed by atoms with Crippen molar-refractivity contribution in [3.8, 4) is 11.8 Å². The number of nitriles is 1. The number of hydrogen-bond donors (Lipinski definition) is 0. The van der Waals surface area contributed by atoms with Gasteiger partial charge in [0, 0.05) is 44.7 Å². The van der Waals surface area contributed by atoms with Crippen molar-refractivity contribution in [2.45, 2.75) is 36.4 Å². The van der Waals surface area contributed by atoms with E-state index in [-0.39, 0.29) is 44.0 Å². The molecule has 0 fully saturated rings. The smallest absolute Gasteiger partial charge is 0.435 e. The van der Waals surface area contributed by atoms with Crippen LogP contribution in [0.4, 0.5) is 13.2 Å². The Morgan fingerprint density at radius 2 is 1.80 bits per heavy atom. The normalized spacial score (nSPS) is 18.0. The summed E-state index contributed by atoms with van der Waals surface area (Å²) in [5, 5.41) is 12.8. The number of hydrogen-bond acceptors (Lipinski definition) is 6. The highest BCUT2D eigenvalue weighted by molar-refractivity contribution is 7.94. The van der Waals surface area contributed by atoms with Crippen LogP contribution in [0.1, 0.15) is 39.9 Å². The van der Waals surface area contributed by atoms with Crippen LogP contribution in [0, 0.1) is 18.3 Å². The van der Waals surface area contributed by atoms with Gasteiger partial charge in [-0.15, -0.1) is 0 Å². The van der Waals surface area contributed by atoms with Crippen molar-refractivity contribution in [1.82, 2.24) is 0 Å². The molecule has 0 bridgehead atoms. The average Bonchev–Trinajstić information content (AvgIpc) is 3.39. The molecule has 4 rings (SSSR count). The molecule has 0 saturated carbocycles. The lowest BCUT2D eigenvalue weighted by Gasteiger charge is -2.29. The predicted octanol–water partition coefficient (Wildman–Crippen LogP) is 7.47. The predicted molar refractivity (Wildman–Crippen MR) is 149 cm³/mol. The van der Waals surface area contributed by atoms with Crippen molar-refractivity contribution in [2.75, 3.05) is 12.9 Å². The standard InChI is InChI=1S/C28H22Cl2F3N3O4S/c1-17-12-18(25-16-27(40-35-25,28(31,32)33)19-13-20(29)15-21(30)14-19)4-9-24(17)26(37)36-41(38,11-3-10-34)23-7-5-22(39-2)6-8-23/h4-9,12-15H,3,11,16H2,1-2H3. The molecule has 2 unspecified atom stereocenters. The lowest BCUT2D eigenvalue weighted by molar-refractivity contribution is -0.275. The molecular weight excluding hydrogens is 602 g/mol. The molecule has 2 atom stereocenters. The summed E-state index contributed by atoms with van der Waals surface area (Å²) >= 11 is 11.9. The number of carbonyl (C=O) groups is 1. The Bertz CT molecular complexity index is 1670. The van der Waals surface area contributed by atoms with Crippen LogP contribution < -0.4 is 4.74 Å². The largest absolute Gasteiger partial charge is 0.497 e. The van der Waals surface area contributed by atoms with Crippen LogP contribution in [0.2, 0.25) is 10.0 Å². The van der Waals surface area contributed by atoms with Crippen LogP contribution in [0.3, 0.4) is 0 Å². The Morgan fingerprint density at radius 1 is 1.15 bits per heavy atom. The Balaban J connectivity index is 1.66. The number of halogens is 5. The van der Waals surface area contributed by atoms with Crippen molar-refractivity contribution < 1.29 is 31.7 Å². The molecule has 1 aliphatic heterocycles. The third kappa shape index (κ3) is 6.20. The molecule has 41 heavy (non-hydrogen) atoms. The number of alkyl halides is 3. The number of carbonyl (C=O) groups excluding carboxylic acids is 1. The van der Waals surface area contributed by atoms with Crippen LogP contribution >= 0.6 is 23.2 Å². The minimum absolute atomic E-state index is 0.00601. The first kappa shape index (κ1) is 30.4. The number of nitrogens with zero attached hydrogens (tertiary/aromatic N) is 3. The van der Waals surface area contributed by atoms with E-state index in [4.69, 9.17) is 38.0 Å². The Labute approximate surface area is 244 Å². The van der Waals surface area contributed by atoms with Crippen molar-refractivity contribution in [3.05, 3.63) is 93.0 Å². The van der Waals surface area contributed by atoms with Gasteiger partial charge in [-0.05, 0) is 72.6 Å². The Morgan fingerprint density at radius 3 is 2.37 bits per heavy atom. The first-order valence-corrected chi connectivity index (χ1v) is 14.5.